The van der Waals surface area contributed by atoms with E-state index in [-0.39, 0.29) is 23.8 Å². The summed E-state index contributed by atoms with van der Waals surface area (Å²) in [6.45, 7) is 0.284. The van der Waals surface area contributed by atoms with E-state index in [2.05, 4.69) is 9.99 Å². The van der Waals surface area contributed by atoms with Crippen LogP contribution < -0.4 is 4.18 Å². The van der Waals surface area contributed by atoms with Crippen molar-refractivity contribution in [2.24, 2.45) is 5.16 Å². The molecule has 2 rings (SSSR count). The van der Waals surface area contributed by atoms with E-state index in [4.69, 9.17) is 4.18 Å². The van der Waals surface area contributed by atoms with Crippen LogP contribution in [0.1, 0.15) is 6.42 Å². The zero-order valence-electron chi connectivity index (χ0n) is 7.79. The van der Waals surface area contributed by atoms with E-state index in [1.807, 2.05) is 0 Å². The molecule has 1 aliphatic rings. The number of nitrogens with zero attached hydrogens (tertiary/aromatic N) is 1. The Labute approximate surface area is 87.4 Å². The Hall–Kier alpha value is -1.56. The second-order valence-corrected chi connectivity index (χ2v) is 4.46. The monoisotopic (exact) mass is 227 g/mol. The molecule has 5 nitrogen and oxygen atoms in total. The van der Waals surface area contributed by atoms with E-state index in [9.17, 15) is 8.42 Å². The van der Waals surface area contributed by atoms with Gasteiger partial charge in [0.15, 0.2) is 0 Å². The molecule has 0 spiro atoms. The molecule has 0 atom stereocenters. The van der Waals surface area contributed by atoms with Crippen LogP contribution >= 0.6 is 0 Å². The summed E-state index contributed by atoms with van der Waals surface area (Å²) in [6.07, 6.45) is 0.259. The van der Waals surface area contributed by atoms with Gasteiger partial charge in [-0.25, -0.2) is 0 Å². The molecule has 15 heavy (non-hydrogen) atoms. The zero-order chi connectivity index (χ0) is 10.7. The smallest absolute Gasteiger partial charge is 0.356 e. The number of oxime groups is 1. The molecular weight excluding hydrogens is 218 g/mol. The van der Waals surface area contributed by atoms with Gasteiger partial charge in [0.25, 0.3) is 0 Å². The van der Waals surface area contributed by atoms with Crippen LogP contribution in [0.15, 0.2) is 35.5 Å². The molecule has 6 heteroatoms. The van der Waals surface area contributed by atoms with E-state index in [0.717, 1.165) is 0 Å². The maximum atomic E-state index is 11.6. The van der Waals surface area contributed by atoms with Crippen molar-refractivity contribution in [1.82, 2.24) is 0 Å². The first-order valence-corrected chi connectivity index (χ1v) is 5.78. The van der Waals surface area contributed by atoms with Crippen molar-refractivity contribution < 1.29 is 17.4 Å². The minimum absolute atomic E-state index is 0.0636. The molecule has 0 N–H and O–H groups in total. The highest BCUT2D eigenvalue weighted by molar-refractivity contribution is 8.02. The topological polar surface area (TPSA) is 65.0 Å². The predicted octanol–water partition coefficient (Wildman–Crippen LogP) is 1.13. The van der Waals surface area contributed by atoms with Crippen LogP contribution in [0.4, 0.5) is 0 Å². The van der Waals surface area contributed by atoms with Gasteiger partial charge in [0.1, 0.15) is 12.4 Å². The first kappa shape index (κ1) is 9.97. The highest BCUT2D eigenvalue weighted by Crippen LogP contribution is 2.15. The Morgan fingerprint density at radius 2 is 2.00 bits per heavy atom. The molecule has 0 saturated heterocycles. The van der Waals surface area contributed by atoms with Gasteiger partial charge in [0.05, 0.1) is 0 Å². The molecule has 0 aromatic heterocycles. The summed E-state index contributed by atoms with van der Waals surface area (Å²) in [4.78, 5) is 4.61. The third-order valence-corrected chi connectivity index (χ3v) is 3.08. The summed E-state index contributed by atoms with van der Waals surface area (Å²) in [5.74, 6) is 0.270. The van der Waals surface area contributed by atoms with Gasteiger partial charge in [-0.1, -0.05) is 23.4 Å². The molecule has 1 aromatic rings. The Bertz CT molecular complexity index is 466. The molecule has 0 bridgehead atoms. The molecule has 1 aliphatic heterocycles. The van der Waals surface area contributed by atoms with Crippen molar-refractivity contribution in [3.63, 3.8) is 0 Å². The van der Waals surface area contributed by atoms with E-state index in [0.29, 0.717) is 0 Å². The average Bonchev–Trinajstić information content (AvgIpc) is 2.71. The van der Waals surface area contributed by atoms with E-state index in [1.54, 1.807) is 30.3 Å². The Morgan fingerprint density at radius 3 is 2.60 bits per heavy atom. The van der Waals surface area contributed by atoms with Gasteiger partial charge in [-0.05, 0) is 12.1 Å². The second-order valence-electron chi connectivity index (χ2n) is 2.92. The van der Waals surface area contributed by atoms with Gasteiger partial charge in [0, 0.05) is 6.42 Å². The summed E-state index contributed by atoms with van der Waals surface area (Å²) < 4.78 is 28.0. The summed E-state index contributed by atoms with van der Waals surface area (Å²) in [5.41, 5.74) is 0. The van der Waals surface area contributed by atoms with Crippen molar-refractivity contribution in [2.75, 3.05) is 6.61 Å². The van der Waals surface area contributed by atoms with Crippen molar-refractivity contribution in [3.8, 4) is 5.75 Å². The van der Waals surface area contributed by atoms with Crippen LogP contribution in [-0.4, -0.2) is 20.1 Å². The molecule has 1 aromatic carbocycles. The van der Waals surface area contributed by atoms with Crippen LogP contribution in [0, 0.1) is 0 Å². The third-order valence-electron chi connectivity index (χ3n) is 1.81. The number of para-hydroxylation sites is 1. The number of rotatable bonds is 2. The van der Waals surface area contributed by atoms with Gasteiger partial charge in [0.2, 0.25) is 5.04 Å². The lowest BCUT2D eigenvalue weighted by atomic mass is 10.3. The van der Waals surface area contributed by atoms with Crippen LogP contribution in [0.2, 0.25) is 0 Å². The average molecular weight is 227 g/mol. The van der Waals surface area contributed by atoms with Gasteiger partial charge >= 0.3 is 10.1 Å². The zero-order valence-corrected chi connectivity index (χ0v) is 8.61. The highest BCUT2D eigenvalue weighted by Gasteiger charge is 2.26. The largest absolute Gasteiger partial charge is 0.394 e. The SMILES string of the molecule is O=S(=O)(Oc1ccccc1)C1=NOCC1. The maximum Gasteiger partial charge on any atom is 0.356 e. The number of hydrogen-bond donors (Lipinski definition) is 0. The van der Waals surface area contributed by atoms with Crippen molar-refractivity contribution in [2.45, 2.75) is 6.42 Å². The van der Waals surface area contributed by atoms with Crippen LogP contribution in [0.5, 0.6) is 5.75 Å². The molecule has 1 heterocycles. The second kappa shape index (κ2) is 3.90. The molecule has 0 fully saturated rings. The van der Waals surface area contributed by atoms with E-state index in [1.165, 1.54) is 0 Å². The molecule has 0 amide bonds. The Kier molecular flexibility index (Phi) is 2.59. The first-order chi connectivity index (χ1) is 7.18. The minimum atomic E-state index is -3.79. The molecule has 0 radical (unpaired) electrons. The standard InChI is InChI=1S/C9H9NO4S/c11-15(12,9-6-7-13-10-9)14-8-4-2-1-3-5-8/h1-5H,6-7H2. The molecule has 0 unspecified atom stereocenters. The van der Waals surface area contributed by atoms with Crippen LogP contribution in [0.25, 0.3) is 0 Å². The Balaban J connectivity index is 2.18. The fourth-order valence-corrected chi connectivity index (χ4v) is 2.06. The fraction of sp³-hybridized carbons (Fsp3) is 0.222. The van der Waals surface area contributed by atoms with Crippen LogP contribution in [-0.2, 0) is 15.0 Å². The van der Waals surface area contributed by atoms with E-state index >= 15 is 0 Å². The first-order valence-electron chi connectivity index (χ1n) is 4.37. The number of benzene rings is 1. The van der Waals surface area contributed by atoms with Crippen LogP contribution in [0.3, 0.4) is 0 Å². The summed E-state index contributed by atoms with van der Waals surface area (Å²) in [7, 11) is -3.79. The molecule has 0 saturated carbocycles. The summed E-state index contributed by atoms with van der Waals surface area (Å²) in [5, 5.41) is 3.34. The van der Waals surface area contributed by atoms with Gasteiger partial charge < -0.3 is 9.02 Å². The maximum absolute atomic E-state index is 11.6. The lowest BCUT2D eigenvalue weighted by Crippen LogP contribution is -2.19. The van der Waals surface area contributed by atoms with Gasteiger partial charge in [-0.3, -0.25) is 0 Å². The van der Waals surface area contributed by atoms with E-state index < -0.39 is 10.1 Å². The van der Waals surface area contributed by atoms with Crippen molar-refractivity contribution in [1.29, 1.82) is 0 Å². The minimum Gasteiger partial charge on any atom is -0.394 e. The Morgan fingerprint density at radius 1 is 1.27 bits per heavy atom. The third kappa shape index (κ3) is 2.27. The van der Waals surface area contributed by atoms with Crippen molar-refractivity contribution in [3.05, 3.63) is 30.3 Å². The summed E-state index contributed by atoms with van der Waals surface area (Å²) >= 11 is 0. The molecule has 0 aliphatic carbocycles. The molecular formula is C9H9NO4S. The lowest BCUT2D eigenvalue weighted by Gasteiger charge is -2.04. The lowest BCUT2D eigenvalue weighted by molar-refractivity contribution is 0.174. The predicted molar refractivity (Wildman–Crippen MR) is 54.0 cm³/mol. The van der Waals surface area contributed by atoms with Gasteiger partial charge in [-0.2, -0.15) is 8.42 Å². The number of hydrogen-bond acceptors (Lipinski definition) is 5. The highest BCUT2D eigenvalue weighted by atomic mass is 32.2. The van der Waals surface area contributed by atoms with Crippen molar-refractivity contribution >= 4 is 15.2 Å². The molecule has 80 valence electrons. The summed E-state index contributed by atoms with van der Waals surface area (Å²) in [6, 6.07) is 8.28. The van der Waals surface area contributed by atoms with Gasteiger partial charge in [-0.15, -0.1) is 0 Å². The normalized spacial score (nSPS) is 15.6. The quantitative estimate of drug-likeness (QED) is 0.710. The fourth-order valence-electron chi connectivity index (χ4n) is 1.12.